The first-order valence-corrected chi connectivity index (χ1v) is 4.69. The van der Waals surface area contributed by atoms with Crippen LogP contribution in [0.4, 0.5) is 4.39 Å². The molecule has 2 amide bonds. The Morgan fingerprint density at radius 2 is 2.12 bits per heavy atom. The minimum atomic E-state index is -0.736. The number of nitrogens with one attached hydrogen (secondary N) is 2. The average Bonchev–Trinajstić information content (AvgIpc) is 2.27. The summed E-state index contributed by atoms with van der Waals surface area (Å²) < 4.78 is 12.7. The van der Waals surface area contributed by atoms with Gasteiger partial charge in [0, 0.05) is 7.05 Å². The van der Waals surface area contributed by atoms with Gasteiger partial charge < -0.3 is 10.6 Å². The summed E-state index contributed by atoms with van der Waals surface area (Å²) in [4.78, 5) is 26.0. The lowest BCUT2D eigenvalue weighted by Crippen LogP contribution is -2.43. The molecule has 0 aromatic carbocycles. The largest absolute Gasteiger partial charge is 0.357 e. The number of rotatable bonds is 3. The molecular weight excluding hydrogens is 213 g/mol. The molecule has 0 radical (unpaired) electrons. The Bertz CT molecular complexity index is 409. The standard InChI is InChI=1S/C10H12FN3O2/c1-6(9(15)12-2)13-10(16)7-4-3-5-8(11)14-7/h3-6H,1-2H3,(H,12,15)(H,13,16). The highest BCUT2D eigenvalue weighted by Crippen LogP contribution is 1.98. The molecule has 0 aliphatic rings. The smallest absolute Gasteiger partial charge is 0.270 e. The maximum Gasteiger partial charge on any atom is 0.270 e. The van der Waals surface area contributed by atoms with Gasteiger partial charge in [-0.25, -0.2) is 4.98 Å². The minimum Gasteiger partial charge on any atom is -0.357 e. The van der Waals surface area contributed by atoms with Crippen LogP contribution in [-0.4, -0.2) is 29.9 Å². The Hall–Kier alpha value is -1.98. The van der Waals surface area contributed by atoms with Gasteiger partial charge in [-0.2, -0.15) is 4.39 Å². The van der Waals surface area contributed by atoms with E-state index < -0.39 is 17.9 Å². The number of hydrogen-bond donors (Lipinski definition) is 2. The van der Waals surface area contributed by atoms with Crippen molar-refractivity contribution in [1.29, 1.82) is 0 Å². The molecule has 16 heavy (non-hydrogen) atoms. The number of nitrogens with zero attached hydrogens (tertiary/aromatic N) is 1. The van der Waals surface area contributed by atoms with Crippen LogP contribution in [0.1, 0.15) is 17.4 Å². The number of aromatic nitrogens is 1. The van der Waals surface area contributed by atoms with Crippen molar-refractivity contribution in [2.75, 3.05) is 7.05 Å². The van der Waals surface area contributed by atoms with Crippen molar-refractivity contribution in [3.05, 3.63) is 29.8 Å². The van der Waals surface area contributed by atoms with E-state index in [1.54, 1.807) is 0 Å². The third kappa shape index (κ3) is 3.01. The van der Waals surface area contributed by atoms with Gasteiger partial charge in [0.05, 0.1) is 0 Å². The molecule has 0 saturated carbocycles. The number of carbonyl (C=O) groups excluding carboxylic acids is 2. The van der Waals surface area contributed by atoms with E-state index in [2.05, 4.69) is 15.6 Å². The first-order chi connectivity index (χ1) is 7.54. The van der Waals surface area contributed by atoms with Crippen LogP contribution in [0.3, 0.4) is 0 Å². The summed E-state index contributed by atoms with van der Waals surface area (Å²) in [6.45, 7) is 1.52. The van der Waals surface area contributed by atoms with Crippen molar-refractivity contribution in [1.82, 2.24) is 15.6 Å². The summed E-state index contributed by atoms with van der Waals surface area (Å²) in [6, 6.07) is 3.19. The Morgan fingerprint density at radius 3 is 2.69 bits per heavy atom. The number of hydrogen-bond acceptors (Lipinski definition) is 3. The van der Waals surface area contributed by atoms with Crippen LogP contribution in [0.2, 0.25) is 0 Å². The van der Waals surface area contributed by atoms with E-state index in [9.17, 15) is 14.0 Å². The molecule has 1 unspecified atom stereocenters. The Morgan fingerprint density at radius 1 is 1.44 bits per heavy atom. The third-order valence-electron chi connectivity index (χ3n) is 1.94. The van der Waals surface area contributed by atoms with Gasteiger partial charge in [-0.05, 0) is 19.1 Å². The van der Waals surface area contributed by atoms with Gasteiger partial charge in [0.15, 0.2) is 0 Å². The fraction of sp³-hybridized carbons (Fsp3) is 0.300. The average molecular weight is 225 g/mol. The SMILES string of the molecule is CNC(=O)C(C)NC(=O)c1cccc(F)n1. The van der Waals surface area contributed by atoms with Crippen LogP contribution in [-0.2, 0) is 4.79 Å². The molecule has 2 N–H and O–H groups in total. The molecule has 1 aromatic rings. The first kappa shape index (κ1) is 12.1. The second kappa shape index (κ2) is 5.20. The van der Waals surface area contributed by atoms with E-state index in [1.165, 1.54) is 26.1 Å². The van der Waals surface area contributed by atoms with Gasteiger partial charge in [-0.15, -0.1) is 0 Å². The monoisotopic (exact) mass is 225 g/mol. The number of pyridine rings is 1. The van der Waals surface area contributed by atoms with Crippen LogP contribution in [0.5, 0.6) is 0 Å². The predicted octanol–water partition coefficient (Wildman–Crippen LogP) is 0.0850. The molecule has 5 nitrogen and oxygen atoms in total. The molecule has 0 fully saturated rings. The van der Waals surface area contributed by atoms with Crippen LogP contribution in [0.25, 0.3) is 0 Å². The fourth-order valence-electron chi connectivity index (χ4n) is 1.09. The van der Waals surface area contributed by atoms with E-state index in [-0.39, 0.29) is 11.6 Å². The minimum absolute atomic E-state index is 0.0595. The van der Waals surface area contributed by atoms with Crippen molar-refractivity contribution in [2.24, 2.45) is 0 Å². The molecule has 0 bridgehead atoms. The van der Waals surface area contributed by atoms with Crippen LogP contribution in [0.15, 0.2) is 18.2 Å². The van der Waals surface area contributed by atoms with Crippen LogP contribution < -0.4 is 10.6 Å². The molecule has 0 spiro atoms. The van der Waals surface area contributed by atoms with Gasteiger partial charge in [0.2, 0.25) is 11.9 Å². The zero-order chi connectivity index (χ0) is 12.1. The van der Waals surface area contributed by atoms with E-state index in [0.29, 0.717) is 0 Å². The van der Waals surface area contributed by atoms with E-state index in [0.717, 1.165) is 6.07 Å². The van der Waals surface area contributed by atoms with Gasteiger partial charge in [-0.3, -0.25) is 9.59 Å². The highest BCUT2D eigenvalue weighted by Gasteiger charge is 2.16. The molecule has 0 aliphatic heterocycles. The highest BCUT2D eigenvalue weighted by molar-refractivity contribution is 5.95. The van der Waals surface area contributed by atoms with Gasteiger partial charge >= 0.3 is 0 Å². The van der Waals surface area contributed by atoms with Crippen molar-refractivity contribution in [3.63, 3.8) is 0 Å². The van der Waals surface area contributed by atoms with Gasteiger partial charge in [0.25, 0.3) is 5.91 Å². The summed E-state index contributed by atoms with van der Waals surface area (Å²) in [5, 5.41) is 4.78. The van der Waals surface area contributed by atoms with E-state index in [1.807, 2.05) is 0 Å². The maximum absolute atomic E-state index is 12.7. The molecule has 6 heteroatoms. The fourth-order valence-corrected chi connectivity index (χ4v) is 1.09. The number of carbonyl (C=O) groups is 2. The highest BCUT2D eigenvalue weighted by atomic mass is 19.1. The van der Waals surface area contributed by atoms with Gasteiger partial charge in [-0.1, -0.05) is 6.07 Å². The normalized spacial score (nSPS) is 11.7. The Balaban J connectivity index is 2.69. The van der Waals surface area contributed by atoms with E-state index >= 15 is 0 Å². The lowest BCUT2D eigenvalue weighted by molar-refractivity contribution is -0.122. The quantitative estimate of drug-likeness (QED) is 0.716. The maximum atomic E-state index is 12.7. The van der Waals surface area contributed by atoms with Crippen molar-refractivity contribution in [3.8, 4) is 0 Å². The van der Waals surface area contributed by atoms with Crippen molar-refractivity contribution >= 4 is 11.8 Å². The molecule has 0 saturated heterocycles. The number of amides is 2. The Kier molecular flexibility index (Phi) is 3.93. The molecular formula is C10H12FN3O2. The molecule has 1 aromatic heterocycles. The second-order valence-electron chi connectivity index (χ2n) is 3.15. The zero-order valence-electron chi connectivity index (χ0n) is 8.95. The molecule has 1 atom stereocenters. The summed E-state index contributed by atoms with van der Waals surface area (Å²) in [5.41, 5.74) is -0.0595. The van der Waals surface area contributed by atoms with Gasteiger partial charge in [0.1, 0.15) is 11.7 Å². The van der Waals surface area contributed by atoms with Crippen LogP contribution in [0, 0.1) is 5.95 Å². The third-order valence-corrected chi connectivity index (χ3v) is 1.94. The lowest BCUT2D eigenvalue weighted by atomic mass is 10.2. The summed E-state index contributed by atoms with van der Waals surface area (Å²) in [7, 11) is 1.46. The van der Waals surface area contributed by atoms with E-state index in [4.69, 9.17) is 0 Å². The molecule has 1 rings (SSSR count). The number of halogens is 1. The molecule has 0 aliphatic carbocycles. The van der Waals surface area contributed by atoms with Crippen LogP contribution >= 0.6 is 0 Å². The first-order valence-electron chi connectivity index (χ1n) is 4.69. The van der Waals surface area contributed by atoms with Crippen molar-refractivity contribution < 1.29 is 14.0 Å². The second-order valence-corrected chi connectivity index (χ2v) is 3.15. The zero-order valence-corrected chi connectivity index (χ0v) is 8.95. The summed E-state index contributed by atoms with van der Waals surface area (Å²) in [6.07, 6.45) is 0. The lowest BCUT2D eigenvalue weighted by Gasteiger charge is -2.11. The molecule has 86 valence electrons. The summed E-state index contributed by atoms with van der Waals surface area (Å²) >= 11 is 0. The molecule has 1 heterocycles. The predicted molar refractivity (Wildman–Crippen MR) is 55.2 cm³/mol. The Labute approximate surface area is 92.1 Å². The van der Waals surface area contributed by atoms with Crippen molar-refractivity contribution in [2.45, 2.75) is 13.0 Å². The summed E-state index contributed by atoms with van der Waals surface area (Å²) in [5.74, 6) is -1.65. The topological polar surface area (TPSA) is 71.1 Å². The number of likely N-dealkylation sites (N-methyl/N-ethyl adjacent to an activating group) is 1.